The first-order chi connectivity index (χ1) is 12.3. The molecule has 0 bridgehead atoms. The molecule has 1 aromatic carbocycles. The van der Waals surface area contributed by atoms with E-state index in [1.54, 1.807) is 40.9 Å². The number of anilines is 1. The zero-order chi connectivity index (χ0) is 18.9. The summed E-state index contributed by atoms with van der Waals surface area (Å²) in [5.41, 5.74) is 0.937. The van der Waals surface area contributed by atoms with E-state index in [0.29, 0.717) is 29.8 Å². The number of fused-ring (bicyclic) bond motifs is 1. The van der Waals surface area contributed by atoms with Crippen molar-refractivity contribution < 1.29 is 23.9 Å². The number of carbonyl (C=O) groups excluding carboxylic acids is 4. The maximum atomic E-state index is 12.3. The number of hydrogen-bond donors (Lipinski definition) is 1. The molecule has 0 radical (unpaired) electrons. The largest absolute Gasteiger partial charge is 0.454 e. The Hall–Kier alpha value is -2.35. The summed E-state index contributed by atoms with van der Waals surface area (Å²) in [6.07, 6.45) is 1.15. The Kier molecular flexibility index (Phi) is 5.04. The molecule has 8 heteroatoms. The van der Waals surface area contributed by atoms with Crippen molar-refractivity contribution in [2.24, 2.45) is 0 Å². The van der Waals surface area contributed by atoms with Crippen LogP contribution >= 0.6 is 11.8 Å². The Morgan fingerprint density at radius 3 is 2.88 bits per heavy atom. The number of esters is 1. The highest BCUT2D eigenvalue weighted by molar-refractivity contribution is 8.01. The summed E-state index contributed by atoms with van der Waals surface area (Å²) >= 11 is 1.57. The third-order valence-corrected chi connectivity index (χ3v) is 6.12. The van der Waals surface area contributed by atoms with Crippen molar-refractivity contribution in [3.63, 3.8) is 0 Å². The van der Waals surface area contributed by atoms with Gasteiger partial charge in [-0.05, 0) is 32.4 Å². The predicted octanol–water partition coefficient (Wildman–Crippen LogP) is 1.82. The Bertz CT molecular complexity index is 781. The van der Waals surface area contributed by atoms with Gasteiger partial charge in [-0.25, -0.2) is 4.79 Å². The van der Waals surface area contributed by atoms with Crippen LogP contribution in [0.3, 0.4) is 0 Å². The van der Waals surface area contributed by atoms with E-state index in [1.807, 2.05) is 6.92 Å². The standard InChI is InChI=1S/C18H20N2O5S/c1-11(21)12-4-3-5-13(8-12)19-15(22)9-25-17(24)14-10-26-18(2)7-6-16(23)20(14)18/h3-5,8,14H,6-7,9-10H2,1-2H3,(H,19,22)/t14-,18+/m1/s1. The molecular weight excluding hydrogens is 356 g/mol. The van der Waals surface area contributed by atoms with E-state index in [4.69, 9.17) is 4.74 Å². The van der Waals surface area contributed by atoms with Gasteiger partial charge in [0, 0.05) is 23.4 Å². The summed E-state index contributed by atoms with van der Waals surface area (Å²) < 4.78 is 5.11. The van der Waals surface area contributed by atoms with Crippen LogP contribution in [0.2, 0.25) is 0 Å². The second-order valence-electron chi connectivity index (χ2n) is 6.56. The molecule has 2 aliphatic heterocycles. The van der Waals surface area contributed by atoms with E-state index in [0.717, 1.165) is 0 Å². The number of Topliss-reactive ketones (excluding diaryl/α,β-unsaturated/α-hetero) is 1. The Morgan fingerprint density at radius 2 is 2.15 bits per heavy atom. The molecule has 1 aromatic rings. The lowest BCUT2D eigenvalue weighted by Gasteiger charge is -2.29. The Balaban J connectivity index is 1.55. The molecule has 3 rings (SSSR count). The summed E-state index contributed by atoms with van der Waals surface area (Å²) in [5.74, 6) is -0.748. The summed E-state index contributed by atoms with van der Waals surface area (Å²) in [4.78, 5) is 49.0. The second kappa shape index (κ2) is 7.11. The SMILES string of the molecule is CC(=O)c1cccc(NC(=O)COC(=O)[C@H]2CS[C@@]3(C)CCC(=O)N23)c1. The maximum Gasteiger partial charge on any atom is 0.330 e. The minimum Gasteiger partial charge on any atom is -0.454 e. The average Bonchev–Trinajstić information content (AvgIpc) is 3.09. The number of carbonyl (C=O) groups is 4. The van der Waals surface area contributed by atoms with Crippen LogP contribution < -0.4 is 5.32 Å². The van der Waals surface area contributed by atoms with Gasteiger partial charge >= 0.3 is 5.97 Å². The Morgan fingerprint density at radius 1 is 1.38 bits per heavy atom. The molecule has 7 nitrogen and oxygen atoms in total. The number of ether oxygens (including phenoxy) is 1. The van der Waals surface area contributed by atoms with E-state index < -0.39 is 24.5 Å². The highest BCUT2D eigenvalue weighted by Gasteiger charge is 2.53. The fourth-order valence-corrected chi connectivity index (χ4v) is 4.66. The molecule has 1 N–H and O–H groups in total. The summed E-state index contributed by atoms with van der Waals surface area (Å²) in [5, 5.41) is 2.59. The van der Waals surface area contributed by atoms with Gasteiger partial charge in [0.05, 0.1) is 4.87 Å². The molecule has 0 saturated carbocycles. The van der Waals surface area contributed by atoms with Gasteiger partial charge in [0.2, 0.25) is 5.91 Å². The molecule has 0 aromatic heterocycles. The van der Waals surface area contributed by atoms with Gasteiger partial charge < -0.3 is 15.0 Å². The lowest BCUT2D eigenvalue weighted by Crippen LogP contribution is -2.47. The number of amides is 2. The minimum absolute atomic E-state index is 0.0510. The van der Waals surface area contributed by atoms with E-state index in [1.165, 1.54) is 6.92 Å². The molecule has 2 heterocycles. The van der Waals surface area contributed by atoms with Crippen molar-refractivity contribution in [2.75, 3.05) is 17.7 Å². The zero-order valence-corrected chi connectivity index (χ0v) is 15.4. The van der Waals surface area contributed by atoms with Gasteiger partial charge in [-0.15, -0.1) is 11.8 Å². The van der Waals surface area contributed by atoms with Crippen LogP contribution in [-0.4, -0.2) is 51.7 Å². The number of nitrogens with one attached hydrogen (secondary N) is 1. The van der Waals surface area contributed by atoms with Crippen LogP contribution in [0.5, 0.6) is 0 Å². The number of nitrogens with zero attached hydrogens (tertiary/aromatic N) is 1. The summed E-state index contributed by atoms with van der Waals surface area (Å²) in [7, 11) is 0. The zero-order valence-electron chi connectivity index (χ0n) is 14.6. The fraction of sp³-hybridized carbons (Fsp3) is 0.444. The van der Waals surface area contributed by atoms with Crippen LogP contribution in [-0.2, 0) is 19.1 Å². The van der Waals surface area contributed by atoms with Gasteiger partial charge in [0.15, 0.2) is 12.4 Å². The highest BCUT2D eigenvalue weighted by atomic mass is 32.2. The topological polar surface area (TPSA) is 92.8 Å². The molecule has 26 heavy (non-hydrogen) atoms. The molecule has 2 fully saturated rings. The minimum atomic E-state index is -0.645. The molecule has 0 aliphatic carbocycles. The quantitative estimate of drug-likeness (QED) is 0.622. The maximum absolute atomic E-state index is 12.3. The average molecular weight is 376 g/mol. The van der Waals surface area contributed by atoms with Gasteiger partial charge in [-0.1, -0.05) is 12.1 Å². The lowest BCUT2D eigenvalue weighted by molar-refractivity contribution is -0.155. The molecular formula is C18H20N2O5S. The number of hydrogen-bond acceptors (Lipinski definition) is 6. The van der Waals surface area contributed by atoms with E-state index in [2.05, 4.69) is 5.32 Å². The van der Waals surface area contributed by atoms with Crippen molar-refractivity contribution in [1.29, 1.82) is 0 Å². The summed E-state index contributed by atoms with van der Waals surface area (Å²) in [6.45, 7) is 2.95. The van der Waals surface area contributed by atoms with Gasteiger partial charge in [-0.2, -0.15) is 0 Å². The highest BCUT2D eigenvalue weighted by Crippen LogP contribution is 2.47. The van der Waals surface area contributed by atoms with Crippen molar-refractivity contribution in [3.8, 4) is 0 Å². The van der Waals surface area contributed by atoms with Gasteiger partial charge in [-0.3, -0.25) is 14.4 Å². The number of thioether (sulfide) groups is 1. The molecule has 2 atom stereocenters. The molecule has 2 amide bonds. The molecule has 0 spiro atoms. The van der Waals surface area contributed by atoms with Crippen molar-refractivity contribution in [1.82, 2.24) is 4.90 Å². The number of ketones is 1. The van der Waals surface area contributed by atoms with Crippen molar-refractivity contribution in [2.45, 2.75) is 37.6 Å². The Labute approximate surface area is 155 Å². The molecule has 138 valence electrons. The fourth-order valence-electron chi connectivity index (χ4n) is 3.24. The van der Waals surface area contributed by atoms with Crippen LogP contribution in [0.15, 0.2) is 24.3 Å². The van der Waals surface area contributed by atoms with E-state index in [-0.39, 0.29) is 16.6 Å². The van der Waals surface area contributed by atoms with Crippen molar-refractivity contribution in [3.05, 3.63) is 29.8 Å². The third kappa shape index (κ3) is 3.60. The predicted molar refractivity (Wildman–Crippen MR) is 96.8 cm³/mol. The number of rotatable bonds is 5. The first-order valence-electron chi connectivity index (χ1n) is 8.34. The van der Waals surface area contributed by atoms with E-state index in [9.17, 15) is 19.2 Å². The smallest absolute Gasteiger partial charge is 0.330 e. The van der Waals surface area contributed by atoms with Crippen LogP contribution in [0.1, 0.15) is 37.0 Å². The molecule has 2 saturated heterocycles. The first-order valence-corrected chi connectivity index (χ1v) is 9.32. The molecule has 2 aliphatic rings. The third-order valence-electron chi connectivity index (χ3n) is 4.62. The van der Waals surface area contributed by atoms with Crippen LogP contribution in [0, 0.1) is 0 Å². The van der Waals surface area contributed by atoms with E-state index >= 15 is 0 Å². The monoisotopic (exact) mass is 376 g/mol. The first kappa shape index (κ1) is 18.4. The molecule has 0 unspecified atom stereocenters. The second-order valence-corrected chi connectivity index (χ2v) is 8.06. The number of benzene rings is 1. The van der Waals surface area contributed by atoms with Crippen LogP contribution in [0.25, 0.3) is 0 Å². The van der Waals surface area contributed by atoms with Crippen molar-refractivity contribution >= 4 is 41.0 Å². The van der Waals surface area contributed by atoms with Gasteiger partial charge in [0.25, 0.3) is 5.91 Å². The normalized spacial score (nSPS) is 24.3. The lowest BCUT2D eigenvalue weighted by atomic mass is 10.1. The summed E-state index contributed by atoms with van der Waals surface area (Å²) in [6, 6.07) is 5.88. The van der Waals surface area contributed by atoms with Gasteiger partial charge in [0.1, 0.15) is 6.04 Å². The van der Waals surface area contributed by atoms with Crippen LogP contribution in [0.4, 0.5) is 5.69 Å².